The molecular weight excluding hydrogens is 436 g/mol. The van der Waals surface area contributed by atoms with Crippen LogP contribution in [-0.2, 0) is 11.2 Å². The maximum Gasteiger partial charge on any atom is 0.222 e. The second-order valence-corrected chi connectivity index (χ2v) is 9.23. The number of hydrogen-bond donors (Lipinski definition) is 0. The zero-order valence-electron chi connectivity index (χ0n) is 20.7. The molecule has 0 radical (unpaired) electrons. The standard InChI is InChI=1S/C28H32N6O/c1-4-25(35)32-15-8-16-33(18-17-32)27-26-21(3)31-34(23-9-6-5-7-10-23)28(26)30-24(29-27)19-22-13-11-20(2)12-14-22/h5-7,9-14H,4,8,15-19H2,1-3H3. The summed E-state index contributed by atoms with van der Waals surface area (Å²) in [5, 5.41) is 5.86. The van der Waals surface area contributed by atoms with Gasteiger partial charge < -0.3 is 9.80 Å². The Morgan fingerprint density at radius 3 is 2.43 bits per heavy atom. The van der Waals surface area contributed by atoms with Gasteiger partial charge in [0.25, 0.3) is 0 Å². The molecule has 0 unspecified atom stereocenters. The first-order chi connectivity index (χ1) is 17.0. The number of hydrogen-bond acceptors (Lipinski definition) is 5. The maximum absolute atomic E-state index is 12.3. The van der Waals surface area contributed by atoms with E-state index < -0.39 is 0 Å². The Labute approximate surface area is 206 Å². The SMILES string of the molecule is CCC(=O)N1CCCN(c2nc(Cc3ccc(C)cc3)nc3c2c(C)nn3-c2ccccc2)CC1. The molecule has 7 heteroatoms. The Morgan fingerprint density at radius 1 is 0.914 bits per heavy atom. The molecule has 7 nitrogen and oxygen atoms in total. The number of fused-ring (bicyclic) bond motifs is 1. The number of rotatable bonds is 5. The highest BCUT2D eigenvalue weighted by molar-refractivity contribution is 5.91. The van der Waals surface area contributed by atoms with Gasteiger partial charge in [-0.1, -0.05) is 55.0 Å². The summed E-state index contributed by atoms with van der Waals surface area (Å²) in [5.74, 6) is 1.91. The minimum atomic E-state index is 0.216. The fourth-order valence-electron chi connectivity index (χ4n) is 4.75. The van der Waals surface area contributed by atoms with Crippen LogP contribution in [-0.4, -0.2) is 56.7 Å². The van der Waals surface area contributed by atoms with Crippen LogP contribution in [0.2, 0.25) is 0 Å². The third kappa shape index (κ3) is 4.76. The van der Waals surface area contributed by atoms with Crippen LogP contribution in [0.1, 0.15) is 42.4 Å². The zero-order valence-corrected chi connectivity index (χ0v) is 20.7. The quantitative estimate of drug-likeness (QED) is 0.432. The van der Waals surface area contributed by atoms with Crippen molar-refractivity contribution < 1.29 is 4.79 Å². The Kier molecular flexibility index (Phi) is 6.49. The van der Waals surface area contributed by atoms with Crippen molar-refractivity contribution in [1.29, 1.82) is 0 Å². The number of aromatic nitrogens is 4. The molecule has 0 N–H and O–H groups in total. The van der Waals surface area contributed by atoms with Crippen molar-refractivity contribution in [3.63, 3.8) is 0 Å². The highest BCUT2D eigenvalue weighted by Gasteiger charge is 2.24. The normalized spacial score (nSPS) is 14.4. The number of para-hydroxylation sites is 1. The van der Waals surface area contributed by atoms with Crippen molar-refractivity contribution in [3.8, 4) is 5.69 Å². The third-order valence-electron chi connectivity index (χ3n) is 6.66. The number of aryl methyl sites for hydroxylation is 2. The van der Waals surface area contributed by atoms with Gasteiger partial charge in [-0.25, -0.2) is 14.6 Å². The van der Waals surface area contributed by atoms with Crippen LogP contribution in [0.4, 0.5) is 5.82 Å². The van der Waals surface area contributed by atoms with Crippen molar-refractivity contribution in [2.45, 2.75) is 40.0 Å². The number of carbonyl (C=O) groups is 1. The van der Waals surface area contributed by atoms with Crippen molar-refractivity contribution >= 4 is 22.8 Å². The number of nitrogens with zero attached hydrogens (tertiary/aromatic N) is 6. The molecule has 3 heterocycles. The van der Waals surface area contributed by atoms with Gasteiger partial charge in [0, 0.05) is 39.0 Å². The smallest absolute Gasteiger partial charge is 0.222 e. The van der Waals surface area contributed by atoms with Crippen molar-refractivity contribution in [3.05, 3.63) is 77.2 Å². The van der Waals surface area contributed by atoms with Gasteiger partial charge in [0.05, 0.1) is 16.8 Å². The molecule has 1 saturated heterocycles. The lowest BCUT2D eigenvalue weighted by Crippen LogP contribution is -2.35. The molecule has 35 heavy (non-hydrogen) atoms. The summed E-state index contributed by atoms with van der Waals surface area (Å²) < 4.78 is 1.93. The van der Waals surface area contributed by atoms with E-state index in [0.717, 1.165) is 60.1 Å². The van der Waals surface area contributed by atoms with Gasteiger partial charge >= 0.3 is 0 Å². The number of anilines is 1. The zero-order chi connectivity index (χ0) is 24.4. The molecule has 0 aliphatic carbocycles. The lowest BCUT2D eigenvalue weighted by atomic mass is 10.1. The summed E-state index contributed by atoms with van der Waals surface area (Å²) in [5.41, 5.74) is 5.13. The summed E-state index contributed by atoms with van der Waals surface area (Å²) in [6, 6.07) is 18.7. The summed E-state index contributed by atoms with van der Waals surface area (Å²) in [6.45, 7) is 9.14. The molecule has 2 aromatic carbocycles. The molecule has 2 aromatic heterocycles. The first kappa shape index (κ1) is 23.0. The Morgan fingerprint density at radius 2 is 1.69 bits per heavy atom. The highest BCUT2D eigenvalue weighted by atomic mass is 16.2. The van der Waals surface area contributed by atoms with E-state index >= 15 is 0 Å². The van der Waals surface area contributed by atoms with Gasteiger partial charge in [-0.05, 0) is 38.0 Å². The van der Waals surface area contributed by atoms with E-state index in [0.29, 0.717) is 19.4 Å². The fourth-order valence-corrected chi connectivity index (χ4v) is 4.75. The van der Waals surface area contributed by atoms with Gasteiger partial charge in [-0.15, -0.1) is 0 Å². The molecule has 1 aliphatic rings. The average Bonchev–Trinajstić information content (AvgIpc) is 3.05. The summed E-state index contributed by atoms with van der Waals surface area (Å²) in [4.78, 5) is 26.8. The van der Waals surface area contributed by atoms with Crippen LogP contribution in [0.25, 0.3) is 16.7 Å². The van der Waals surface area contributed by atoms with Gasteiger partial charge in [0.15, 0.2) is 5.65 Å². The lowest BCUT2D eigenvalue weighted by Gasteiger charge is -2.24. The maximum atomic E-state index is 12.3. The predicted molar refractivity (Wildman–Crippen MR) is 139 cm³/mol. The van der Waals surface area contributed by atoms with E-state index in [-0.39, 0.29) is 5.91 Å². The minimum absolute atomic E-state index is 0.216. The van der Waals surface area contributed by atoms with E-state index in [4.69, 9.17) is 15.1 Å². The molecule has 1 amide bonds. The third-order valence-corrected chi connectivity index (χ3v) is 6.66. The lowest BCUT2D eigenvalue weighted by molar-refractivity contribution is -0.130. The fraction of sp³-hybridized carbons (Fsp3) is 0.357. The van der Waals surface area contributed by atoms with E-state index in [1.165, 1.54) is 11.1 Å². The minimum Gasteiger partial charge on any atom is -0.354 e. The Bertz CT molecular complexity index is 1330. The van der Waals surface area contributed by atoms with Crippen LogP contribution in [0.3, 0.4) is 0 Å². The van der Waals surface area contributed by atoms with E-state index in [9.17, 15) is 4.79 Å². The van der Waals surface area contributed by atoms with Crippen molar-refractivity contribution in [1.82, 2.24) is 24.6 Å². The number of carbonyl (C=O) groups excluding carboxylic acids is 1. The molecule has 0 saturated carbocycles. The molecule has 1 fully saturated rings. The predicted octanol–water partition coefficient (Wildman–Crippen LogP) is 4.47. The second kappa shape index (κ2) is 9.86. The van der Waals surface area contributed by atoms with Crippen molar-refractivity contribution in [2.75, 3.05) is 31.1 Å². The Balaban J connectivity index is 1.60. The van der Waals surface area contributed by atoms with Crippen LogP contribution in [0.15, 0.2) is 54.6 Å². The summed E-state index contributed by atoms with van der Waals surface area (Å²) in [6.07, 6.45) is 2.11. The molecule has 1 aliphatic heterocycles. The van der Waals surface area contributed by atoms with E-state index in [2.05, 4.69) is 36.1 Å². The average molecular weight is 469 g/mol. The monoisotopic (exact) mass is 468 g/mol. The molecule has 0 bridgehead atoms. The molecule has 0 atom stereocenters. The van der Waals surface area contributed by atoms with Gasteiger partial charge in [-0.3, -0.25) is 4.79 Å². The van der Waals surface area contributed by atoms with E-state index in [1.807, 2.05) is 53.8 Å². The van der Waals surface area contributed by atoms with Crippen LogP contribution < -0.4 is 4.90 Å². The van der Waals surface area contributed by atoms with E-state index in [1.54, 1.807) is 0 Å². The number of benzene rings is 2. The highest BCUT2D eigenvalue weighted by Crippen LogP contribution is 2.30. The van der Waals surface area contributed by atoms with Gasteiger partial charge in [-0.2, -0.15) is 5.10 Å². The number of amides is 1. The van der Waals surface area contributed by atoms with Crippen molar-refractivity contribution in [2.24, 2.45) is 0 Å². The largest absolute Gasteiger partial charge is 0.354 e. The van der Waals surface area contributed by atoms with Crippen LogP contribution >= 0.6 is 0 Å². The molecule has 0 spiro atoms. The molecular formula is C28H32N6O. The Hall–Kier alpha value is -3.74. The van der Waals surface area contributed by atoms with Crippen LogP contribution in [0.5, 0.6) is 0 Å². The summed E-state index contributed by atoms with van der Waals surface area (Å²) >= 11 is 0. The van der Waals surface area contributed by atoms with Gasteiger partial charge in [0.1, 0.15) is 11.6 Å². The first-order valence-corrected chi connectivity index (χ1v) is 12.4. The second-order valence-electron chi connectivity index (χ2n) is 9.23. The topological polar surface area (TPSA) is 67.2 Å². The molecule has 5 rings (SSSR count). The van der Waals surface area contributed by atoms with Crippen LogP contribution in [0, 0.1) is 13.8 Å². The molecule has 4 aromatic rings. The van der Waals surface area contributed by atoms with Gasteiger partial charge in [0.2, 0.25) is 5.91 Å². The molecule has 180 valence electrons. The first-order valence-electron chi connectivity index (χ1n) is 12.4. The summed E-state index contributed by atoms with van der Waals surface area (Å²) in [7, 11) is 0.